The SMILES string of the molecule is Cc1nc(C(F)(F)F)sc1C(=O)N1C(C)CCCC1C. The molecule has 3 nitrogen and oxygen atoms in total. The molecule has 1 amide bonds. The third kappa shape index (κ3) is 2.82. The van der Waals surface area contributed by atoms with Crippen LogP contribution in [0, 0.1) is 6.92 Å². The highest BCUT2D eigenvalue weighted by molar-refractivity contribution is 7.13. The molecule has 1 fully saturated rings. The van der Waals surface area contributed by atoms with Crippen molar-refractivity contribution in [2.45, 2.75) is 58.3 Å². The lowest BCUT2D eigenvalue weighted by atomic mass is 9.97. The maximum atomic E-state index is 12.7. The number of likely N-dealkylation sites (tertiary alicyclic amines) is 1. The van der Waals surface area contributed by atoms with E-state index in [4.69, 9.17) is 0 Å². The number of carbonyl (C=O) groups is 1. The molecule has 2 unspecified atom stereocenters. The van der Waals surface area contributed by atoms with Crippen LogP contribution in [-0.2, 0) is 6.18 Å². The third-order valence-electron chi connectivity index (χ3n) is 3.66. The van der Waals surface area contributed by atoms with E-state index in [1.54, 1.807) is 4.90 Å². The monoisotopic (exact) mass is 306 g/mol. The summed E-state index contributed by atoms with van der Waals surface area (Å²) in [5.41, 5.74) is 0.164. The minimum Gasteiger partial charge on any atom is -0.332 e. The van der Waals surface area contributed by atoms with E-state index in [0.29, 0.717) is 11.3 Å². The number of nitrogens with zero attached hydrogens (tertiary/aromatic N) is 2. The highest BCUT2D eigenvalue weighted by Gasteiger charge is 2.38. The molecule has 0 bridgehead atoms. The van der Waals surface area contributed by atoms with Crippen molar-refractivity contribution in [2.75, 3.05) is 0 Å². The van der Waals surface area contributed by atoms with Crippen LogP contribution >= 0.6 is 11.3 Å². The van der Waals surface area contributed by atoms with Gasteiger partial charge in [-0.3, -0.25) is 4.79 Å². The average Bonchev–Trinajstić information content (AvgIpc) is 2.70. The van der Waals surface area contributed by atoms with Gasteiger partial charge in [0.1, 0.15) is 4.88 Å². The molecule has 0 aromatic carbocycles. The molecule has 1 aliphatic rings. The molecule has 2 heterocycles. The Morgan fingerprint density at radius 2 is 1.85 bits per heavy atom. The molecule has 0 spiro atoms. The van der Waals surface area contributed by atoms with Crippen molar-refractivity contribution >= 4 is 17.2 Å². The van der Waals surface area contributed by atoms with Gasteiger partial charge in [0.25, 0.3) is 5.91 Å². The van der Waals surface area contributed by atoms with Gasteiger partial charge in [-0.15, -0.1) is 11.3 Å². The number of halogens is 3. The van der Waals surface area contributed by atoms with Crippen molar-refractivity contribution in [2.24, 2.45) is 0 Å². The van der Waals surface area contributed by atoms with Gasteiger partial charge < -0.3 is 4.90 Å². The van der Waals surface area contributed by atoms with Crippen LogP contribution < -0.4 is 0 Å². The van der Waals surface area contributed by atoms with Gasteiger partial charge in [-0.05, 0) is 40.0 Å². The Kier molecular flexibility index (Phi) is 4.09. The Hall–Kier alpha value is -1.11. The Morgan fingerprint density at radius 3 is 2.30 bits per heavy atom. The Labute approximate surface area is 119 Å². The zero-order valence-electron chi connectivity index (χ0n) is 11.6. The molecule has 2 rings (SSSR count). The van der Waals surface area contributed by atoms with Gasteiger partial charge in [-0.1, -0.05) is 0 Å². The normalized spacial score (nSPS) is 24.0. The van der Waals surface area contributed by atoms with Crippen molar-refractivity contribution in [1.82, 2.24) is 9.88 Å². The lowest BCUT2D eigenvalue weighted by Crippen LogP contribution is -2.47. The largest absolute Gasteiger partial charge is 0.443 e. The summed E-state index contributed by atoms with van der Waals surface area (Å²) in [6, 6.07) is 0.115. The highest BCUT2D eigenvalue weighted by Crippen LogP contribution is 2.35. The number of aryl methyl sites for hydroxylation is 1. The molecule has 1 aromatic rings. The van der Waals surface area contributed by atoms with Crippen LogP contribution in [0.5, 0.6) is 0 Å². The third-order valence-corrected chi connectivity index (χ3v) is 4.85. The number of thiazole rings is 1. The molecular weight excluding hydrogens is 289 g/mol. The highest BCUT2D eigenvalue weighted by atomic mass is 32.1. The molecule has 1 saturated heterocycles. The van der Waals surface area contributed by atoms with Crippen LogP contribution in [0.4, 0.5) is 13.2 Å². The number of aromatic nitrogens is 1. The van der Waals surface area contributed by atoms with Gasteiger partial charge in [-0.25, -0.2) is 4.98 Å². The fraction of sp³-hybridized carbons (Fsp3) is 0.692. The first kappa shape index (κ1) is 15.3. The first-order valence-corrected chi connectivity index (χ1v) is 7.40. The summed E-state index contributed by atoms with van der Waals surface area (Å²) in [6.45, 7) is 5.33. The van der Waals surface area contributed by atoms with E-state index >= 15 is 0 Å². The summed E-state index contributed by atoms with van der Waals surface area (Å²) in [5, 5.41) is -0.948. The zero-order chi connectivity index (χ0) is 15.1. The van der Waals surface area contributed by atoms with E-state index in [9.17, 15) is 18.0 Å². The Morgan fingerprint density at radius 1 is 1.30 bits per heavy atom. The number of alkyl halides is 3. The lowest BCUT2D eigenvalue weighted by Gasteiger charge is -2.38. The smallest absolute Gasteiger partial charge is 0.332 e. The molecule has 0 radical (unpaired) electrons. The maximum absolute atomic E-state index is 12.7. The van der Waals surface area contributed by atoms with Gasteiger partial charge in [-0.2, -0.15) is 13.2 Å². The van der Waals surface area contributed by atoms with Gasteiger partial charge in [0.2, 0.25) is 0 Å². The van der Waals surface area contributed by atoms with Crippen LogP contribution in [0.2, 0.25) is 0 Å². The molecule has 112 valence electrons. The summed E-state index contributed by atoms with van der Waals surface area (Å²) >= 11 is 0.445. The molecule has 20 heavy (non-hydrogen) atoms. The Balaban J connectivity index is 2.31. The van der Waals surface area contributed by atoms with Crippen molar-refractivity contribution in [3.8, 4) is 0 Å². The average molecular weight is 306 g/mol. The molecule has 0 aliphatic carbocycles. The van der Waals surface area contributed by atoms with E-state index in [0.717, 1.165) is 19.3 Å². The molecule has 0 N–H and O–H groups in total. The number of piperidine rings is 1. The molecule has 7 heteroatoms. The first-order chi connectivity index (χ1) is 9.21. The Bertz CT molecular complexity index is 502. The first-order valence-electron chi connectivity index (χ1n) is 6.59. The number of hydrogen-bond acceptors (Lipinski definition) is 3. The lowest BCUT2D eigenvalue weighted by molar-refractivity contribution is -0.137. The second-order valence-corrected chi connectivity index (χ2v) is 6.27. The van der Waals surface area contributed by atoms with Crippen LogP contribution in [0.15, 0.2) is 0 Å². The topological polar surface area (TPSA) is 33.2 Å². The summed E-state index contributed by atoms with van der Waals surface area (Å²) in [7, 11) is 0. The van der Waals surface area contributed by atoms with Gasteiger partial charge in [0.05, 0.1) is 5.69 Å². The summed E-state index contributed by atoms with van der Waals surface area (Å²) in [5.74, 6) is -0.324. The number of amides is 1. The van der Waals surface area contributed by atoms with E-state index in [1.807, 2.05) is 13.8 Å². The standard InChI is InChI=1S/C13H17F3N2OS/c1-7-5-4-6-8(2)18(7)11(19)10-9(3)17-12(20-10)13(14,15)16/h7-8H,4-6H2,1-3H3. The second-order valence-electron chi connectivity index (χ2n) is 5.27. The van der Waals surface area contributed by atoms with Crippen LogP contribution in [0.3, 0.4) is 0 Å². The summed E-state index contributed by atoms with van der Waals surface area (Å²) in [4.78, 5) is 17.8. The minimum atomic E-state index is -4.49. The number of carbonyl (C=O) groups excluding carboxylic acids is 1. The van der Waals surface area contributed by atoms with E-state index < -0.39 is 11.2 Å². The zero-order valence-corrected chi connectivity index (χ0v) is 12.4. The van der Waals surface area contributed by atoms with E-state index in [1.165, 1.54) is 6.92 Å². The molecular formula is C13H17F3N2OS. The molecule has 1 aliphatic heterocycles. The van der Waals surface area contributed by atoms with E-state index in [-0.39, 0.29) is 28.6 Å². The van der Waals surface area contributed by atoms with Gasteiger partial charge >= 0.3 is 6.18 Å². The quantitative estimate of drug-likeness (QED) is 0.789. The fourth-order valence-corrected chi connectivity index (χ4v) is 3.53. The predicted octanol–water partition coefficient (Wildman–Crippen LogP) is 3.87. The molecule has 0 saturated carbocycles. The van der Waals surface area contributed by atoms with Crippen molar-refractivity contribution < 1.29 is 18.0 Å². The van der Waals surface area contributed by atoms with Crippen molar-refractivity contribution in [1.29, 1.82) is 0 Å². The molecule has 1 aromatic heterocycles. The fourth-order valence-electron chi connectivity index (χ4n) is 2.65. The van der Waals surface area contributed by atoms with E-state index in [2.05, 4.69) is 4.98 Å². The second kappa shape index (κ2) is 5.35. The predicted molar refractivity (Wildman–Crippen MR) is 70.8 cm³/mol. The van der Waals surface area contributed by atoms with Crippen molar-refractivity contribution in [3.05, 3.63) is 15.6 Å². The van der Waals surface area contributed by atoms with Gasteiger partial charge in [0.15, 0.2) is 5.01 Å². The minimum absolute atomic E-state index is 0.0575. The summed E-state index contributed by atoms with van der Waals surface area (Å²) < 4.78 is 38.0. The number of rotatable bonds is 1. The van der Waals surface area contributed by atoms with Gasteiger partial charge in [0, 0.05) is 12.1 Å². The summed E-state index contributed by atoms with van der Waals surface area (Å²) in [6.07, 6.45) is -1.67. The van der Waals surface area contributed by atoms with Crippen molar-refractivity contribution in [3.63, 3.8) is 0 Å². The maximum Gasteiger partial charge on any atom is 0.443 e. The van der Waals surface area contributed by atoms with Crippen LogP contribution in [0.1, 0.15) is 53.5 Å². The molecule has 2 atom stereocenters. The van der Waals surface area contributed by atoms with Crippen LogP contribution in [-0.4, -0.2) is 27.9 Å². The number of hydrogen-bond donors (Lipinski definition) is 0. The van der Waals surface area contributed by atoms with Crippen LogP contribution in [0.25, 0.3) is 0 Å².